The van der Waals surface area contributed by atoms with E-state index in [1.54, 1.807) is 17.9 Å². The highest BCUT2D eigenvalue weighted by atomic mass is 16.5. The smallest absolute Gasteiger partial charge is 0.235 e. The fourth-order valence-electron chi connectivity index (χ4n) is 4.91. The van der Waals surface area contributed by atoms with Crippen LogP contribution in [0, 0.1) is 18.8 Å². The Labute approximate surface area is 175 Å². The Balaban J connectivity index is 1.28. The number of aryl methyl sites for hydroxylation is 2. The van der Waals surface area contributed by atoms with Crippen molar-refractivity contribution in [3.05, 3.63) is 59.9 Å². The Kier molecular flexibility index (Phi) is 4.50. The minimum atomic E-state index is -0.760. The number of fused-ring (bicyclic) bond motifs is 1. The van der Waals surface area contributed by atoms with Gasteiger partial charge in [0, 0.05) is 12.1 Å². The van der Waals surface area contributed by atoms with Crippen molar-refractivity contribution in [2.24, 2.45) is 11.8 Å². The van der Waals surface area contributed by atoms with Crippen LogP contribution in [0.2, 0.25) is 0 Å². The molecule has 2 saturated heterocycles. The summed E-state index contributed by atoms with van der Waals surface area (Å²) >= 11 is 0. The van der Waals surface area contributed by atoms with E-state index in [0.29, 0.717) is 18.1 Å². The summed E-state index contributed by atoms with van der Waals surface area (Å²) in [7, 11) is 0. The van der Waals surface area contributed by atoms with E-state index in [9.17, 15) is 9.59 Å². The molecule has 7 heteroatoms. The molecule has 1 aromatic heterocycles. The van der Waals surface area contributed by atoms with Gasteiger partial charge in [-0.25, -0.2) is 0 Å². The summed E-state index contributed by atoms with van der Waals surface area (Å²) in [5.74, 6) is -0.215. The molecular weight excluding hydrogens is 382 g/mol. The number of rotatable bonds is 6. The molecule has 0 radical (unpaired) electrons. The second kappa shape index (κ2) is 7.09. The van der Waals surface area contributed by atoms with E-state index in [4.69, 9.17) is 9.26 Å². The zero-order chi connectivity index (χ0) is 20.9. The molecule has 1 aromatic carbocycles. The predicted octanol–water partition coefficient (Wildman–Crippen LogP) is 2.41. The van der Waals surface area contributed by atoms with Gasteiger partial charge in [-0.2, -0.15) is 0 Å². The molecule has 3 aliphatic heterocycles. The molecule has 0 aliphatic carbocycles. The number of amides is 2. The zero-order valence-electron chi connectivity index (χ0n) is 17.1. The second-order valence-electron chi connectivity index (χ2n) is 8.55. The van der Waals surface area contributed by atoms with E-state index in [0.717, 1.165) is 12.8 Å². The molecule has 156 valence electrons. The van der Waals surface area contributed by atoms with E-state index in [1.807, 2.05) is 37.3 Å². The van der Waals surface area contributed by atoms with Gasteiger partial charge in [-0.3, -0.25) is 14.5 Å². The topological polar surface area (TPSA) is 84.7 Å². The Morgan fingerprint density at radius 1 is 1.37 bits per heavy atom. The molecule has 4 unspecified atom stereocenters. The molecule has 1 N–H and O–H groups in total. The summed E-state index contributed by atoms with van der Waals surface area (Å²) in [4.78, 5) is 28.0. The predicted molar refractivity (Wildman–Crippen MR) is 110 cm³/mol. The van der Waals surface area contributed by atoms with Crippen LogP contribution in [0.5, 0.6) is 0 Å². The number of carbonyl (C=O) groups is 2. The fourth-order valence-corrected chi connectivity index (χ4v) is 4.91. The largest absolute Gasteiger partial charge is 0.360 e. The first-order valence-electron chi connectivity index (χ1n) is 10.4. The van der Waals surface area contributed by atoms with Gasteiger partial charge < -0.3 is 14.6 Å². The number of anilines is 1. The number of nitrogens with zero attached hydrogens (tertiary/aromatic N) is 2. The third kappa shape index (κ3) is 3.04. The molecule has 0 saturated carbocycles. The summed E-state index contributed by atoms with van der Waals surface area (Å²) in [5, 5.41) is 7.08. The lowest BCUT2D eigenvalue weighted by Gasteiger charge is -2.25. The average Bonchev–Trinajstić information content (AvgIpc) is 3.48. The van der Waals surface area contributed by atoms with Gasteiger partial charge in [-0.15, -0.1) is 0 Å². The van der Waals surface area contributed by atoms with Crippen molar-refractivity contribution in [1.82, 2.24) is 10.5 Å². The third-order valence-electron chi connectivity index (χ3n) is 6.39. The van der Waals surface area contributed by atoms with Crippen molar-refractivity contribution in [3.8, 4) is 0 Å². The normalized spacial score (nSPS) is 30.0. The monoisotopic (exact) mass is 407 g/mol. The molecule has 2 amide bonds. The van der Waals surface area contributed by atoms with Crippen LogP contribution >= 0.6 is 0 Å². The average molecular weight is 407 g/mol. The maximum Gasteiger partial charge on any atom is 0.235 e. The summed E-state index contributed by atoms with van der Waals surface area (Å²) in [6, 6.07) is 11.9. The number of ether oxygens (including phenoxy) is 1. The van der Waals surface area contributed by atoms with Gasteiger partial charge >= 0.3 is 0 Å². The highest BCUT2D eigenvalue weighted by Gasteiger charge is 2.67. The molecule has 2 fully saturated rings. The summed E-state index contributed by atoms with van der Waals surface area (Å²) in [5.41, 5.74) is 0.484. The molecule has 5 rings (SSSR count). The molecule has 5 atom stereocenters. The molecule has 2 bridgehead atoms. The van der Waals surface area contributed by atoms with Crippen LogP contribution in [-0.2, 0) is 20.7 Å². The van der Waals surface area contributed by atoms with Gasteiger partial charge in [0.25, 0.3) is 0 Å². The Hall–Kier alpha value is -2.93. The number of aromatic nitrogens is 1. The van der Waals surface area contributed by atoms with Crippen LogP contribution in [0.25, 0.3) is 0 Å². The zero-order valence-corrected chi connectivity index (χ0v) is 17.1. The lowest BCUT2D eigenvalue weighted by Crippen LogP contribution is -2.46. The van der Waals surface area contributed by atoms with Crippen LogP contribution in [0.3, 0.4) is 0 Å². The molecular formula is C23H25N3O4. The van der Waals surface area contributed by atoms with E-state index in [2.05, 4.69) is 22.6 Å². The highest BCUT2D eigenvalue weighted by molar-refractivity contribution is 6.02. The van der Waals surface area contributed by atoms with Gasteiger partial charge in [0.05, 0.1) is 24.5 Å². The molecule has 3 aliphatic rings. The van der Waals surface area contributed by atoms with Gasteiger partial charge in [0.1, 0.15) is 11.4 Å². The Bertz CT molecular complexity index is 1000. The first-order valence-corrected chi connectivity index (χ1v) is 10.4. The van der Waals surface area contributed by atoms with Crippen LogP contribution < -0.4 is 10.2 Å². The first-order chi connectivity index (χ1) is 14.5. The summed E-state index contributed by atoms with van der Waals surface area (Å²) in [6.45, 7) is 4.13. The quantitative estimate of drug-likeness (QED) is 0.744. The maximum atomic E-state index is 13.2. The molecule has 4 heterocycles. The molecule has 30 heavy (non-hydrogen) atoms. The molecule has 1 spiro atoms. The lowest BCUT2D eigenvalue weighted by molar-refractivity contribution is -0.132. The molecule has 2 aromatic rings. The van der Waals surface area contributed by atoms with Crippen molar-refractivity contribution in [1.29, 1.82) is 0 Å². The third-order valence-corrected chi connectivity index (χ3v) is 6.39. The number of hydrogen-bond acceptors (Lipinski definition) is 5. The summed E-state index contributed by atoms with van der Waals surface area (Å²) < 4.78 is 11.3. The molecule has 7 nitrogen and oxygen atoms in total. The van der Waals surface area contributed by atoms with Crippen molar-refractivity contribution in [3.63, 3.8) is 0 Å². The van der Waals surface area contributed by atoms with Gasteiger partial charge in [-0.05, 0) is 32.3 Å². The lowest BCUT2D eigenvalue weighted by atomic mass is 9.76. The highest BCUT2D eigenvalue weighted by Crippen LogP contribution is 2.52. The van der Waals surface area contributed by atoms with Crippen LogP contribution in [0.15, 0.2) is 53.1 Å². The second-order valence-corrected chi connectivity index (χ2v) is 8.55. The van der Waals surface area contributed by atoms with Crippen molar-refractivity contribution in [2.45, 2.75) is 44.4 Å². The Morgan fingerprint density at radius 3 is 2.90 bits per heavy atom. The minimum Gasteiger partial charge on any atom is -0.360 e. The maximum absolute atomic E-state index is 13.2. The van der Waals surface area contributed by atoms with Crippen LogP contribution in [-0.4, -0.2) is 41.3 Å². The van der Waals surface area contributed by atoms with Crippen molar-refractivity contribution >= 4 is 17.6 Å². The fraction of sp³-hybridized carbons (Fsp3) is 0.435. The van der Waals surface area contributed by atoms with Crippen LogP contribution in [0.4, 0.5) is 5.82 Å². The number of hydrogen-bond donors (Lipinski definition) is 1. The minimum absolute atomic E-state index is 0.00237. The van der Waals surface area contributed by atoms with Gasteiger partial charge in [0.15, 0.2) is 5.82 Å². The first kappa shape index (κ1) is 19.1. The van der Waals surface area contributed by atoms with Gasteiger partial charge in [-0.1, -0.05) is 47.6 Å². The Morgan fingerprint density at radius 2 is 2.17 bits per heavy atom. The van der Waals surface area contributed by atoms with E-state index in [-0.39, 0.29) is 24.0 Å². The van der Waals surface area contributed by atoms with Crippen molar-refractivity contribution < 1.29 is 18.8 Å². The SMILES string of the molecule is Cc1cc(N2C[C@]34C=CC(O3)C(C(=O)NC(C)CCc3ccccc3)C4C2=O)no1. The standard InChI is InChI=1S/C23H25N3O4/c1-14(8-9-16-6-4-3-5-7-16)24-21(27)19-17-10-11-23(29-17)13-26(22(28)20(19)23)18-12-15(2)30-25-18/h3-7,10-12,14,17,19-20H,8-9,13H2,1-2H3,(H,24,27)/t14?,17?,19?,20?,23-/m0/s1. The number of benzene rings is 1. The van der Waals surface area contributed by atoms with E-state index >= 15 is 0 Å². The number of nitrogens with one attached hydrogen (secondary N) is 1. The van der Waals surface area contributed by atoms with E-state index in [1.165, 1.54) is 5.56 Å². The summed E-state index contributed by atoms with van der Waals surface area (Å²) in [6.07, 6.45) is 5.22. The van der Waals surface area contributed by atoms with Gasteiger partial charge in [0.2, 0.25) is 11.8 Å². The van der Waals surface area contributed by atoms with Crippen LogP contribution in [0.1, 0.15) is 24.7 Å². The van der Waals surface area contributed by atoms with E-state index < -0.39 is 17.4 Å². The van der Waals surface area contributed by atoms with Crippen molar-refractivity contribution in [2.75, 3.05) is 11.4 Å². The number of carbonyl (C=O) groups excluding carboxylic acids is 2.